The molecule has 0 bridgehead atoms. The van der Waals surface area contributed by atoms with Gasteiger partial charge in [-0.1, -0.05) is 18.2 Å². The SMILES string of the molecule is CNC(C)CNC(=O)C(C)(C)c1cccc(C(F)(F)F)c1.Cl. The van der Waals surface area contributed by atoms with E-state index in [0.29, 0.717) is 12.1 Å². The summed E-state index contributed by atoms with van der Waals surface area (Å²) >= 11 is 0. The number of hydrogen-bond acceptors (Lipinski definition) is 2. The lowest BCUT2D eigenvalue weighted by Crippen LogP contribution is -2.45. The second kappa shape index (κ2) is 7.83. The van der Waals surface area contributed by atoms with Crippen LogP contribution in [0.1, 0.15) is 31.9 Å². The molecule has 22 heavy (non-hydrogen) atoms. The van der Waals surface area contributed by atoms with Crippen LogP contribution in [0.3, 0.4) is 0 Å². The minimum Gasteiger partial charge on any atom is -0.354 e. The van der Waals surface area contributed by atoms with Crippen LogP contribution in [0.2, 0.25) is 0 Å². The van der Waals surface area contributed by atoms with Gasteiger partial charge in [0.05, 0.1) is 11.0 Å². The Labute approximate surface area is 135 Å². The molecular weight excluding hydrogens is 317 g/mol. The predicted molar refractivity (Wildman–Crippen MR) is 83.2 cm³/mol. The highest BCUT2D eigenvalue weighted by Gasteiger charge is 2.34. The summed E-state index contributed by atoms with van der Waals surface area (Å²) in [6, 6.07) is 4.98. The van der Waals surface area contributed by atoms with Crippen LogP contribution in [-0.2, 0) is 16.4 Å². The fourth-order valence-corrected chi connectivity index (χ4v) is 1.78. The van der Waals surface area contributed by atoms with Gasteiger partial charge < -0.3 is 10.6 Å². The average molecular weight is 339 g/mol. The lowest BCUT2D eigenvalue weighted by Gasteiger charge is -2.26. The molecule has 0 aliphatic heterocycles. The Bertz CT molecular complexity index is 504. The first-order valence-electron chi connectivity index (χ1n) is 6.72. The maximum Gasteiger partial charge on any atom is 0.416 e. The van der Waals surface area contributed by atoms with Gasteiger partial charge in [-0.25, -0.2) is 0 Å². The van der Waals surface area contributed by atoms with Gasteiger partial charge in [0.1, 0.15) is 0 Å². The molecule has 0 heterocycles. The number of halogens is 4. The zero-order chi connectivity index (χ0) is 16.3. The Morgan fingerprint density at radius 3 is 2.27 bits per heavy atom. The van der Waals surface area contributed by atoms with Crippen molar-refractivity contribution in [3.8, 4) is 0 Å². The first kappa shape index (κ1) is 20.7. The minimum absolute atomic E-state index is 0. The monoisotopic (exact) mass is 338 g/mol. The Morgan fingerprint density at radius 2 is 1.77 bits per heavy atom. The lowest BCUT2D eigenvalue weighted by molar-refractivity contribution is -0.137. The van der Waals surface area contributed by atoms with Gasteiger partial charge in [-0.2, -0.15) is 13.2 Å². The van der Waals surface area contributed by atoms with Gasteiger partial charge in [0.2, 0.25) is 5.91 Å². The smallest absolute Gasteiger partial charge is 0.354 e. The molecule has 3 nitrogen and oxygen atoms in total. The zero-order valence-corrected chi connectivity index (χ0v) is 13.9. The largest absolute Gasteiger partial charge is 0.416 e. The van der Waals surface area contributed by atoms with Crippen molar-refractivity contribution in [1.82, 2.24) is 10.6 Å². The van der Waals surface area contributed by atoms with Crippen molar-refractivity contribution >= 4 is 18.3 Å². The third kappa shape index (κ3) is 5.18. The molecule has 1 aromatic carbocycles. The molecule has 0 saturated heterocycles. The van der Waals surface area contributed by atoms with Crippen LogP contribution in [-0.4, -0.2) is 25.5 Å². The number of amides is 1. The Balaban J connectivity index is 0.00000441. The summed E-state index contributed by atoms with van der Waals surface area (Å²) in [4.78, 5) is 12.2. The summed E-state index contributed by atoms with van der Waals surface area (Å²) in [6.07, 6.45) is -4.41. The van der Waals surface area contributed by atoms with Gasteiger partial charge in [-0.15, -0.1) is 12.4 Å². The van der Waals surface area contributed by atoms with E-state index in [1.54, 1.807) is 20.9 Å². The highest BCUT2D eigenvalue weighted by atomic mass is 35.5. The predicted octanol–water partition coefficient (Wildman–Crippen LogP) is 3.13. The number of benzene rings is 1. The van der Waals surface area contributed by atoms with Crippen LogP contribution >= 0.6 is 12.4 Å². The second-order valence-electron chi connectivity index (χ2n) is 5.60. The minimum atomic E-state index is -4.41. The van der Waals surface area contributed by atoms with Crippen LogP contribution in [0.25, 0.3) is 0 Å². The van der Waals surface area contributed by atoms with Crippen molar-refractivity contribution in [1.29, 1.82) is 0 Å². The highest BCUT2D eigenvalue weighted by Crippen LogP contribution is 2.32. The first-order chi connectivity index (χ1) is 9.59. The molecule has 7 heteroatoms. The Kier molecular flexibility index (Phi) is 7.38. The van der Waals surface area contributed by atoms with Crippen LogP contribution in [0.5, 0.6) is 0 Å². The van der Waals surface area contributed by atoms with E-state index in [2.05, 4.69) is 10.6 Å². The standard InChI is InChI=1S/C15H21F3N2O.ClH/c1-10(19-4)9-20-13(21)14(2,3)11-6-5-7-12(8-11)15(16,17)18;/h5-8,10,19H,9H2,1-4H3,(H,20,21);1H. The molecule has 1 unspecified atom stereocenters. The van der Waals surface area contributed by atoms with Crippen LogP contribution in [0.4, 0.5) is 13.2 Å². The van der Waals surface area contributed by atoms with E-state index < -0.39 is 17.2 Å². The van der Waals surface area contributed by atoms with Gasteiger partial charge in [0, 0.05) is 12.6 Å². The summed E-state index contributed by atoms with van der Waals surface area (Å²) < 4.78 is 38.2. The Hall–Kier alpha value is -1.27. The zero-order valence-electron chi connectivity index (χ0n) is 13.0. The number of hydrogen-bond donors (Lipinski definition) is 2. The second-order valence-corrected chi connectivity index (χ2v) is 5.60. The summed E-state index contributed by atoms with van der Waals surface area (Å²) in [5, 5.41) is 5.72. The molecule has 0 saturated carbocycles. The molecule has 1 atom stereocenters. The molecule has 0 aliphatic rings. The van der Waals surface area contributed by atoms with Crippen molar-refractivity contribution < 1.29 is 18.0 Å². The number of nitrogens with one attached hydrogen (secondary N) is 2. The quantitative estimate of drug-likeness (QED) is 0.866. The topological polar surface area (TPSA) is 41.1 Å². The maximum atomic E-state index is 12.7. The molecule has 126 valence electrons. The normalized spacial score (nSPS) is 13.2. The molecular formula is C15H22ClF3N2O. The van der Waals surface area contributed by atoms with Crippen LogP contribution in [0, 0.1) is 0 Å². The van der Waals surface area contributed by atoms with Crippen molar-refractivity contribution in [2.24, 2.45) is 0 Å². The molecule has 0 radical (unpaired) electrons. The average Bonchev–Trinajstić information content (AvgIpc) is 2.43. The third-order valence-electron chi connectivity index (χ3n) is 3.54. The molecule has 0 aromatic heterocycles. The van der Waals surface area contributed by atoms with Crippen molar-refractivity contribution in [2.45, 2.75) is 38.4 Å². The number of likely N-dealkylation sites (N-methyl/N-ethyl adjacent to an activating group) is 1. The number of carbonyl (C=O) groups excluding carboxylic acids is 1. The van der Waals surface area contributed by atoms with E-state index in [4.69, 9.17) is 0 Å². The fourth-order valence-electron chi connectivity index (χ4n) is 1.78. The molecule has 1 amide bonds. The van der Waals surface area contributed by atoms with Gasteiger partial charge >= 0.3 is 6.18 Å². The highest BCUT2D eigenvalue weighted by molar-refractivity contribution is 5.87. The van der Waals surface area contributed by atoms with Crippen molar-refractivity contribution in [3.05, 3.63) is 35.4 Å². The van der Waals surface area contributed by atoms with E-state index in [-0.39, 0.29) is 24.4 Å². The molecule has 2 N–H and O–H groups in total. The number of carbonyl (C=O) groups is 1. The maximum absolute atomic E-state index is 12.7. The van der Waals surface area contributed by atoms with E-state index >= 15 is 0 Å². The summed E-state index contributed by atoms with van der Waals surface area (Å²) in [7, 11) is 1.77. The third-order valence-corrected chi connectivity index (χ3v) is 3.54. The summed E-state index contributed by atoms with van der Waals surface area (Å²) in [5.41, 5.74) is -1.44. The number of rotatable bonds is 5. The van der Waals surface area contributed by atoms with E-state index in [0.717, 1.165) is 12.1 Å². The molecule has 0 spiro atoms. The van der Waals surface area contributed by atoms with Crippen LogP contribution < -0.4 is 10.6 Å². The van der Waals surface area contributed by atoms with Gasteiger partial charge in [-0.3, -0.25) is 4.79 Å². The first-order valence-corrected chi connectivity index (χ1v) is 6.72. The van der Waals surface area contributed by atoms with Crippen molar-refractivity contribution in [3.63, 3.8) is 0 Å². The fraction of sp³-hybridized carbons (Fsp3) is 0.533. The summed E-state index contributed by atoms with van der Waals surface area (Å²) in [6.45, 7) is 5.54. The van der Waals surface area contributed by atoms with Gasteiger partial charge in [0.25, 0.3) is 0 Å². The molecule has 0 aliphatic carbocycles. The van der Waals surface area contributed by atoms with Gasteiger partial charge in [-0.05, 0) is 39.4 Å². The summed E-state index contributed by atoms with van der Waals surface area (Å²) in [5.74, 6) is -0.302. The molecule has 1 rings (SSSR count). The Morgan fingerprint density at radius 1 is 1.23 bits per heavy atom. The molecule has 1 aromatic rings. The van der Waals surface area contributed by atoms with Crippen LogP contribution in [0.15, 0.2) is 24.3 Å². The van der Waals surface area contributed by atoms with Gasteiger partial charge in [0.15, 0.2) is 0 Å². The molecule has 0 fully saturated rings. The van der Waals surface area contributed by atoms with Crippen molar-refractivity contribution in [2.75, 3.05) is 13.6 Å². The lowest BCUT2D eigenvalue weighted by atomic mass is 9.83. The van der Waals surface area contributed by atoms with E-state index in [1.165, 1.54) is 12.1 Å². The number of alkyl halides is 3. The van der Waals surface area contributed by atoms with E-state index in [1.807, 2.05) is 6.92 Å². The van der Waals surface area contributed by atoms with E-state index in [9.17, 15) is 18.0 Å².